The first kappa shape index (κ1) is 16.8. The molecule has 0 aromatic heterocycles. The Balaban J connectivity index is 5.87. The summed E-state index contributed by atoms with van der Waals surface area (Å²) in [7, 11) is -6.84. The van der Waals surface area contributed by atoms with E-state index in [9.17, 15) is 47.9 Å². The molecule has 0 saturated carbocycles. The van der Waals surface area contributed by atoms with Gasteiger partial charge in [0.1, 0.15) is 0 Å². The first-order valence-corrected chi connectivity index (χ1v) is 6.93. The van der Waals surface area contributed by atoms with Gasteiger partial charge in [-0.15, -0.1) is 0 Å². The van der Waals surface area contributed by atoms with Gasteiger partial charge in [-0.2, -0.15) is 22.0 Å². The topological polar surface area (TPSA) is 114 Å². The van der Waals surface area contributed by atoms with E-state index in [1.54, 1.807) is 0 Å². The highest BCUT2D eigenvalue weighted by molar-refractivity contribution is 8.18. The highest BCUT2D eigenvalue weighted by Crippen LogP contribution is 2.42. The van der Waals surface area contributed by atoms with Gasteiger partial charge in [0.05, 0.1) is 0 Å². The number of hydrogen-bond donors (Lipinski definition) is 0. The summed E-state index contributed by atoms with van der Waals surface area (Å²) < 4.78 is 118. The van der Waals surface area contributed by atoms with Crippen molar-refractivity contribution in [3.63, 3.8) is 0 Å². The molecule has 0 aliphatic rings. The van der Waals surface area contributed by atoms with Crippen LogP contribution >= 0.6 is 0 Å². The Kier molecular flexibility index (Phi) is 4.78. The van der Waals surface area contributed by atoms with Gasteiger partial charge in [0, 0.05) is 0 Å². The minimum atomic E-state index is -6.84. The fourth-order valence-corrected chi connectivity index (χ4v) is 4.01. The lowest BCUT2D eigenvalue weighted by Crippen LogP contribution is -2.50. The van der Waals surface area contributed by atoms with Crippen LogP contribution in [0.15, 0.2) is 0 Å². The van der Waals surface area contributed by atoms with E-state index in [1.807, 2.05) is 0 Å². The average molecular weight is 324 g/mol. The summed E-state index contributed by atoms with van der Waals surface area (Å²) in [6.45, 7) is 0. The molecule has 104 valence electrons. The van der Waals surface area contributed by atoms with Crippen molar-refractivity contribution in [2.24, 2.45) is 0 Å². The molecule has 0 amide bonds. The number of halogens is 5. The van der Waals surface area contributed by atoms with Crippen LogP contribution in [0.2, 0.25) is 0 Å². The van der Waals surface area contributed by atoms with E-state index >= 15 is 0 Å². The van der Waals surface area contributed by atoms with E-state index in [0.29, 0.717) is 0 Å². The monoisotopic (exact) mass is 324 g/mol. The number of alkyl halides is 5. The molecule has 0 radical (unpaired) electrons. The smallest absolute Gasteiger partial charge is 0.469 e. The van der Waals surface area contributed by atoms with Crippen LogP contribution in [0, 0.1) is 0 Å². The molecule has 17 heavy (non-hydrogen) atoms. The highest BCUT2D eigenvalue weighted by Gasteiger charge is 2.69. The largest absolute Gasteiger partial charge is 0.771 e. The van der Waals surface area contributed by atoms with Crippen LogP contribution in [-0.2, 0) is 32.0 Å². The van der Waals surface area contributed by atoms with E-state index in [2.05, 4.69) is 0 Å². The molecule has 0 aliphatic carbocycles. The molecule has 0 rings (SSSR count). The summed E-state index contributed by atoms with van der Waals surface area (Å²) in [5.41, 5.74) is 0. The predicted molar refractivity (Wildman–Crippen MR) is 41.5 cm³/mol. The van der Waals surface area contributed by atoms with Crippen molar-refractivity contribution in [2.75, 3.05) is 0 Å². The second-order valence-electron chi connectivity index (χ2n) is 2.37. The van der Waals surface area contributed by atoms with Crippen molar-refractivity contribution in [3.05, 3.63) is 0 Å². The van der Waals surface area contributed by atoms with Crippen LogP contribution in [0.4, 0.5) is 22.0 Å². The molecular formula is C3HF5O6S3-2. The molecule has 0 fully saturated rings. The van der Waals surface area contributed by atoms with Gasteiger partial charge in [-0.3, -0.25) is 8.42 Å². The van der Waals surface area contributed by atoms with Crippen molar-refractivity contribution < 1.29 is 47.9 Å². The van der Waals surface area contributed by atoms with Crippen LogP contribution < -0.4 is 0 Å². The van der Waals surface area contributed by atoms with Gasteiger partial charge in [-0.05, 0) is 22.2 Å². The quantitative estimate of drug-likeness (QED) is 0.513. The third-order valence-corrected chi connectivity index (χ3v) is 6.74. The summed E-state index contributed by atoms with van der Waals surface area (Å²) in [5, 5.41) is -6.50. The summed E-state index contributed by atoms with van der Waals surface area (Å²) in [5.74, 6) is 0. The van der Waals surface area contributed by atoms with E-state index in [0.717, 1.165) is 0 Å². The molecule has 0 heterocycles. The average Bonchev–Trinajstić information content (AvgIpc) is 1.98. The molecule has 0 spiro atoms. The van der Waals surface area contributed by atoms with Gasteiger partial charge >= 0.3 is 11.4 Å². The summed E-state index contributed by atoms with van der Waals surface area (Å²) in [6, 6.07) is 0. The van der Waals surface area contributed by atoms with E-state index in [4.69, 9.17) is 0 Å². The fourth-order valence-electron chi connectivity index (χ4n) is 0.553. The summed E-state index contributed by atoms with van der Waals surface area (Å²) in [6.07, 6.45) is -6.64. The number of sulfone groups is 1. The molecule has 14 heteroatoms. The second kappa shape index (κ2) is 4.83. The van der Waals surface area contributed by atoms with Gasteiger partial charge in [0.2, 0.25) is 9.84 Å². The maximum Gasteiger partial charge on any atom is 0.469 e. The predicted octanol–water partition coefficient (Wildman–Crippen LogP) is -0.402. The summed E-state index contributed by atoms with van der Waals surface area (Å²) in [4.78, 5) is 0. The van der Waals surface area contributed by atoms with Crippen LogP contribution in [0.25, 0.3) is 0 Å². The first-order valence-electron chi connectivity index (χ1n) is 3.11. The Labute approximate surface area is 95.7 Å². The zero-order valence-electron chi connectivity index (χ0n) is 7.14. The second-order valence-corrected chi connectivity index (χ2v) is 7.32. The Morgan fingerprint density at radius 2 is 1.24 bits per heavy atom. The minimum absolute atomic E-state index is 3.90. The maximum atomic E-state index is 12.4. The summed E-state index contributed by atoms with van der Waals surface area (Å²) >= 11 is -8.43. The van der Waals surface area contributed by atoms with E-state index in [1.165, 1.54) is 0 Å². The van der Waals surface area contributed by atoms with Gasteiger partial charge in [0.15, 0.2) is 3.91 Å². The van der Waals surface area contributed by atoms with Crippen molar-refractivity contribution in [1.29, 1.82) is 0 Å². The van der Waals surface area contributed by atoms with Crippen LogP contribution in [-0.4, -0.2) is 41.3 Å². The standard InChI is InChI=1S/C3H3F5O6S3/c4-2(5,6)3(7,8)17(13,14)1(15(9)10)16(11)12/h1H,(H,9,10)(H,11,12)/p-2. The van der Waals surface area contributed by atoms with Gasteiger partial charge < -0.3 is 9.11 Å². The maximum absolute atomic E-state index is 12.4. The third-order valence-electron chi connectivity index (χ3n) is 1.25. The van der Waals surface area contributed by atoms with Gasteiger partial charge in [-0.25, -0.2) is 8.42 Å². The van der Waals surface area contributed by atoms with Crippen LogP contribution in [0.5, 0.6) is 0 Å². The lowest BCUT2D eigenvalue weighted by molar-refractivity contribution is -0.241. The Morgan fingerprint density at radius 1 is 0.941 bits per heavy atom. The van der Waals surface area contributed by atoms with Crippen LogP contribution in [0.3, 0.4) is 0 Å². The first-order chi connectivity index (χ1) is 7.26. The molecular weight excluding hydrogens is 323 g/mol. The fraction of sp³-hybridized carbons (Fsp3) is 1.00. The van der Waals surface area contributed by atoms with Crippen LogP contribution in [0.1, 0.15) is 0 Å². The SMILES string of the molecule is O=S([O-])C(S(=O)[O-])S(=O)(=O)C(F)(F)C(F)(F)F. The van der Waals surface area contributed by atoms with Crippen molar-refractivity contribution in [3.8, 4) is 0 Å². The lowest BCUT2D eigenvalue weighted by atomic mass is 10.7. The zero-order valence-corrected chi connectivity index (χ0v) is 9.59. The van der Waals surface area contributed by atoms with Crippen molar-refractivity contribution >= 4 is 32.0 Å². The van der Waals surface area contributed by atoms with Crippen molar-refractivity contribution in [1.82, 2.24) is 0 Å². The third kappa shape index (κ3) is 2.98. The zero-order chi connectivity index (χ0) is 14.2. The molecule has 0 aromatic carbocycles. The Hall–Kier alpha value is -0.180. The Bertz CT molecular complexity index is 424. The van der Waals surface area contributed by atoms with Gasteiger partial charge in [0.25, 0.3) is 0 Å². The van der Waals surface area contributed by atoms with E-state index in [-0.39, 0.29) is 0 Å². The number of rotatable bonds is 4. The molecule has 2 unspecified atom stereocenters. The Morgan fingerprint density at radius 3 is 1.41 bits per heavy atom. The lowest BCUT2D eigenvalue weighted by Gasteiger charge is -2.27. The van der Waals surface area contributed by atoms with E-state index < -0.39 is 47.3 Å². The molecule has 6 nitrogen and oxygen atoms in total. The number of hydrogen-bond acceptors (Lipinski definition) is 6. The molecule has 0 aliphatic heterocycles. The highest BCUT2D eigenvalue weighted by atomic mass is 32.3. The molecule has 0 saturated heterocycles. The molecule has 0 bridgehead atoms. The van der Waals surface area contributed by atoms with Gasteiger partial charge in [-0.1, -0.05) is 0 Å². The molecule has 0 aromatic rings. The molecule has 2 atom stereocenters. The normalized spacial score (nSPS) is 19.7. The minimum Gasteiger partial charge on any atom is -0.771 e. The molecule has 0 N–H and O–H groups in total. The van der Waals surface area contributed by atoms with Crippen molar-refractivity contribution in [2.45, 2.75) is 15.3 Å².